The lowest BCUT2D eigenvalue weighted by Crippen LogP contribution is -2.41. The van der Waals surface area contributed by atoms with E-state index in [-0.39, 0.29) is 17.2 Å². The maximum absolute atomic E-state index is 10.3. The second kappa shape index (κ2) is 3.75. The van der Waals surface area contributed by atoms with E-state index in [2.05, 4.69) is 33.9 Å². The van der Waals surface area contributed by atoms with Gasteiger partial charge >= 0.3 is 0 Å². The SMILES string of the molecule is CC(C)(C)[Si](C)(C)OC[C@@H]1O[C@@H]1C=O. The number of hydrogen-bond acceptors (Lipinski definition) is 3. The fraction of sp³-hybridized carbons (Fsp3) is 0.900. The molecule has 0 unspecified atom stereocenters. The molecule has 82 valence electrons. The third-order valence-electron chi connectivity index (χ3n) is 3.17. The average molecular weight is 216 g/mol. The minimum atomic E-state index is -1.67. The Morgan fingerprint density at radius 1 is 1.43 bits per heavy atom. The van der Waals surface area contributed by atoms with Crippen LogP contribution in [0.5, 0.6) is 0 Å². The highest BCUT2D eigenvalue weighted by molar-refractivity contribution is 6.74. The van der Waals surface area contributed by atoms with Crippen LogP contribution in [0, 0.1) is 0 Å². The maximum Gasteiger partial charge on any atom is 0.192 e. The van der Waals surface area contributed by atoms with Crippen LogP contribution in [-0.4, -0.2) is 33.4 Å². The molecule has 14 heavy (non-hydrogen) atoms. The highest BCUT2D eigenvalue weighted by Crippen LogP contribution is 2.37. The topological polar surface area (TPSA) is 38.8 Å². The summed E-state index contributed by atoms with van der Waals surface area (Å²) in [6.45, 7) is 11.6. The van der Waals surface area contributed by atoms with Crippen LogP contribution in [-0.2, 0) is 14.0 Å². The summed E-state index contributed by atoms with van der Waals surface area (Å²) < 4.78 is 11.0. The molecule has 4 heteroatoms. The Hall–Kier alpha value is -0.193. The molecule has 2 atom stereocenters. The van der Waals surface area contributed by atoms with Gasteiger partial charge in [-0.2, -0.15) is 0 Å². The molecule has 0 spiro atoms. The van der Waals surface area contributed by atoms with Crippen LogP contribution in [0.4, 0.5) is 0 Å². The lowest BCUT2D eigenvalue weighted by molar-refractivity contribution is -0.108. The highest BCUT2D eigenvalue weighted by atomic mass is 28.4. The van der Waals surface area contributed by atoms with E-state index in [1.807, 2.05) is 0 Å². The fourth-order valence-electron chi connectivity index (χ4n) is 0.917. The second-order valence-corrected chi connectivity index (χ2v) is 10.2. The zero-order chi connectivity index (χ0) is 11.0. The first-order chi connectivity index (χ1) is 6.28. The van der Waals surface area contributed by atoms with Gasteiger partial charge in [-0.3, -0.25) is 0 Å². The van der Waals surface area contributed by atoms with Crippen molar-refractivity contribution in [2.75, 3.05) is 6.61 Å². The van der Waals surface area contributed by atoms with E-state index in [4.69, 9.17) is 9.16 Å². The van der Waals surface area contributed by atoms with E-state index in [1.165, 1.54) is 0 Å². The van der Waals surface area contributed by atoms with Crippen molar-refractivity contribution in [2.24, 2.45) is 0 Å². The number of ether oxygens (including phenoxy) is 1. The molecule has 0 saturated carbocycles. The molecule has 0 aliphatic carbocycles. The fourth-order valence-corrected chi connectivity index (χ4v) is 1.93. The first kappa shape index (κ1) is 11.9. The maximum atomic E-state index is 10.3. The van der Waals surface area contributed by atoms with Gasteiger partial charge in [-0.25, -0.2) is 0 Å². The normalized spacial score (nSPS) is 27.5. The van der Waals surface area contributed by atoms with Gasteiger partial charge in [0.05, 0.1) is 6.61 Å². The van der Waals surface area contributed by atoms with E-state index < -0.39 is 8.32 Å². The Bertz CT molecular complexity index is 220. The van der Waals surface area contributed by atoms with Gasteiger partial charge in [-0.05, 0) is 18.1 Å². The van der Waals surface area contributed by atoms with Crippen LogP contribution >= 0.6 is 0 Å². The molecule has 0 N–H and O–H groups in total. The third kappa shape index (κ3) is 2.65. The van der Waals surface area contributed by atoms with Gasteiger partial charge in [0.25, 0.3) is 0 Å². The van der Waals surface area contributed by atoms with Crippen LogP contribution in [0.3, 0.4) is 0 Å². The second-order valence-electron chi connectivity index (χ2n) is 5.35. The minimum Gasteiger partial charge on any atom is -0.414 e. The molecule has 0 bridgehead atoms. The van der Waals surface area contributed by atoms with Crippen molar-refractivity contribution in [1.82, 2.24) is 0 Å². The number of aldehydes is 1. The van der Waals surface area contributed by atoms with Crippen LogP contribution in [0.2, 0.25) is 18.1 Å². The largest absolute Gasteiger partial charge is 0.414 e. The van der Waals surface area contributed by atoms with Crippen molar-refractivity contribution in [1.29, 1.82) is 0 Å². The van der Waals surface area contributed by atoms with Crippen molar-refractivity contribution in [2.45, 2.75) is 51.1 Å². The van der Waals surface area contributed by atoms with Gasteiger partial charge in [-0.1, -0.05) is 20.8 Å². The van der Waals surface area contributed by atoms with Gasteiger partial charge in [0.15, 0.2) is 14.6 Å². The molecule has 0 radical (unpaired) electrons. The summed E-state index contributed by atoms with van der Waals surface area (Å²) in [7, 11) is -1.67. The summed E-state index contributed by atoms with van der Waals surface area (Å²) >= 11 is 0. The van der Waals surface area contributed by atoms with E-state index in [9.17, 15) is 4.79 Å². The van der Waals surface area contributed by atoms with Crippen molar-refractivity contribution in [3.8, 4) is 0 Å². The molecular formula is C10H20O3Si. The molecule has 1 heterocycles. The Labute approximate surface area is 86.9 Å². The number of carbonyl (C=O) groups is 1. The highest BCUT2D eigenvalue weighted by Gasteiger charge is 2.43. The third-order valence-corrected chi connectivity index (χ3v) is 7.67. The molecule has 0 amide bonds. The molecule has 1 aliphatic heterocycles. The van der Waals surface area contributed by atoms with E-state index in [1.54, 1.807) is 0 Å². The van der Waals surface area contributed by atoms with Crippen molar-refractivity contribution >= 4 is 14.6 Å². The first-order valence-electron chi connectivity index (χ1n) is 5.02. The lowest BCUT2D eigenvalue weighted by Gasteiger charge is -2.35. The van der Waals surface area contributed by atoms with Crippen molar-refractivity contribution < 1.29 is 14.0 Å². The van der Waals surface area contributed by atoms with Gasteiger partial charge in [0.2, 0.25) is 0 Å². The quantitative estimate of drug-likeness (QED) is 0.410. The van der Waals surface area contributed by atoms with Crippen LogP contribution in [0.15, 0.2) is 0 Å². The molecule has 3 nitrogen and oxygen atoms in total. The summed E-state index contributed by atoms with van der Waals surface area (Å²) in [6, 6.07) is 0. The Balaban J connectivity index is 2.34. The molecule has 0 aromatic rings. The number of hydrogen-bond donors (Lipinski definition) is 0. The van der Waals surface area contributed by atoms with Crippen molar-refractivity contribution in [3.63, 3.8) is 0 Å². The molecule has 0 aromatic carbocycles. The van der Waals surface area contributed by atoms with E-state index in [0.717, 1.165) is 6.29 Å². The van der Waals surface area contributed by atoms with Gasteiger partial charge in [0, 0.05) is 0 Å². The van der Waals surface area contributed by atoms with E-state index >= 15 is 0 Å². The number of carbonyl (C=O) groups excluding carboxylic acids is 1. The summed E-state index contributed by atoms with van der Waals surface area (Å²) in [4.78, 5) is 10.3. The average Bonchev–Trinajstić information content (AvgIpc) is 2.77. The molecular weight excluding hydrogens is 196 g/mol. The predicted octanol–water partition coefficient (Wildman–Crippen LogP) is 1.97. The zero-order valence-corrected chi connectivity index (χ0v) is 10.7. The van der Waals surface area contributed by atoms with Crippen molar-refractivity contribution in [3.05, 3.63) is 0 Å². The molecule has 1 fully saturated rings. The summed E-state index contributed by atoms with van der Waals surface area (Å²) in [6.07, 6.45) is 0.654. The zero-order valence-electron chi connectivity index (χ0n) is 9.66. The predicted molar refractivity (Wildman–Crippen MR) is 57.9 cm³/mol. The minimum absolute atomic E-state index is 0.0154. The Morgan fingerprint density at radius 3 is 2.36 bits per heavy atom. The smallest absolute Gasteiger partial charge is 0.192 e. The van der Waals surface area contributed by atoms with Crippen LogP contribution < -0.4 is 0 Å². The molecule has 1 rings (SSSR count). The molecule has 1 aliphatic rings. The summed E-state index contributed by atoms with van der Waals surface area (Å²) in [5, 5.41) is 0.221. The summed E-state index contributed by atoms with van der Waals surface area (Å²) in [5.41, 5.74) is 0. The monoisotopic (exact) mass is 216 g/mol. The summed E-state index contributed by atoms with van der Waals surface area (Å²) in [5.74, 6) is 0. The number of rotatable bonds is 4. The molecule has 0 aromatic heterocycles. The standard InChI is InChI=1S/C10H20O3Si/c1-10(2,3)14(4,5)12-7-9-8(6-11)13-9/h6,8-9H,7H2,1-5H3/t8-,9+/m1/s1. The van der Waals surface area contributed by atoms with Crippen LogP contribution in [0.1, 0.15) is 20.8 Å². The van der Waals surface area contributed by atoms with Crippen LogP contribution in [0.25, 0.3) is 0 Å². The first-order valence-corrected chi connectivity index (χ1v) is 7.93. The Kier molecular flexibility index (Phi) is 3.19. The molecule has 1 saturated heterocycles. The lowest BCUT2D eigenvalue weighted by atomic mass is 10.2. The van der Waals surface area contributed by atoms with E-state index in [0.29, 0.717) is 6.61 Å². The number of epoxide rings is 1. The van der Waals surface area contributed by atoms with Gasteiger partial charge in [0.1, 0.15) is 12.2 Å². The Morgan fingerprint density at radius 2 is 2.00 bits per heavy atom. The van der Waals surface area contributed by atoms with Gasteiger partial charge < -0.3 is 14.0 Å². The van der Waals surface area contributed by atoms with Gasteiger partial charge in [-0.15, -0.1) is 0 Å².